The third-order valence-electron chi connectivity index (χ3n) is 4.72. The number of halogens is 1. The topological polar surface area (TPSA) is 53.1 Å². The summed E-state index contributed by atoms with van der Waals surface area (Å²) in [7, 11) is 1.73. The summed E-state index contributed by atoms with van der Waals surface area (Å²) in [5.41, 5.74) is 8.17. The Morgan fingerprint density at radius 1 is 1.45 bits per heavy atom. The molecule has 1 aromatic carbocycles. The highest BCUT2D eigenvalue weighted by Crippen LogP contribution is 2.52. The molecule has 0 bridgehead atoms. The predicted molar refractivity (Wildman–Crippen MR) is 77.1 cm³/mol. The second-order valence-corrected chi connectivity index (χ2v) is 6.23. The van der Waals surface area contributed by atoms with E-state index in [-0.39, 0.29) is 23.4 Å². The second-order valence-electron chi connectivity index (χ2n) is 6.23. The highest BCUT2D eigenvalue weighted by atomic mass is 19.1. The molecule has 1 heterocycles. The molecule has 2 unspecified atom stereocenters. The maximum atomic E-state index is 13.6. The molecular formula is C15H20FN3O. The molecule has 3 rings (SSSR count). The lowest BCUT2D eigenvalue weighted by Crippen LogP contribution is -2.51. The van der Waals surface area contributed by atoms with Crippen molar-refractivity contribution in [2.24, 2.45) is 5.41 Å². The zero-order valence-electron chi connectivity index (χ0n) is 12.3. The van der Waals surface area contributed by atoms with Crippen molar-refractivity contribution in [3.8, 4) is 0 Å². The number of ether oxygens (including phenoxy) is 1. The van der Waals surface area contributed by atoms with Crippen LogP contribution in [0.25, 0.3) is 11.0 Å². The molecule has 1 aliphatic rings. The number of aryl methyl sites for hydroxylation is 1. The smallest absolute Gasteiger partial charge is 0.201 e. The van der Waals surface area contributed by atoms with Crippen molar-refractivity contribution in [2.75, 3.05) is 12.8 Å². The van der Waals surface area contributed by atoms with E-state index >= 15 is 0 Å². The number of nitrogen functional groups attached to an aromatic ring is 1. The number of hydrogen-bond donors (Lipinski definition) is 1. The van der Waals surface area contributed by atoms with Crippen LogP contribution in [-0.2, 0) is 4.74 Å². The van der Waals surface area contributed by atoms with Crippen LogP contribution in [0.15, 0.2) is 12.1 Å². The monoisotopic (exact) mass is 277 g/mol. The molecule has 4 nitrogen and oxygen atoms in total. The SMILES string of the molecule is COC1CC(n2c(N)nc3cc(F)c(C)cc32)C1(C)C. The van der Waals surface area contributed by atoms with Gasteiger partial charge in [0, 0.05) is 24.6 Å². The average Bonchev–Trinajstić information content (AvgIpc) is 2.66. The Bertz CT molecular complexity index is 677. The standard InChI is InChI=1S/C15H20FN3O/c1-8-5-11-10(6-9(8)16)18-14(17)19(11)12-7-13(20-4)15(12,2)3/h5-6,12-13H,7H2,1-4H3,(H2,17,18). The molecule has 2 aromatic rings. The van der Waals surface area contributed by atoms with Crippen molar-refractivity contribution in [3.63, 3.8) is 0 Å². The van der Waals surface area contributed by atoms with Crippen molar-refractivity contribution in [2.45, 2.75) is 39.3 Å². The van der Waals surface area contributed by atoms with Crippen LogP contribution in [0.3, 0.4) is 0 Å². The number of anilines is 1. The summed E-state index contributed by atoms with van der Waals surface area (Å²) in [6.45, 7) is 6.08. The van der Waals surface area contributed by atoms with Gasteiger partial charge in [0.25, 0.3) is 0 Å². The van der Waals surface area contributed by atoms with E-state index < -0.39 is 0 Å². The minimum atomic E-state index is -0.246. The molecule has 108 valence electrons. The molecular weight excluding hydrogens is 257 g/mol. The first-order valence-electron chi connectivity index (χ1n) is 6.82. The number of rotatable bonds is 2. The lowest BCUT2D eigenvalue weighted by molar-refractivity contribution is -0.110. The normalized spacial score (nSPS) is 24.9. The molecule has 2 N–H and O–H groups in total. The van der Waals surface area contributed by atoms with Crippen LogP contribution in [0.4, 0.5) is 10.3 Å². The molecule has 0 saturated heterocycles. The van der Waals surface area contributed by atoms with Crippen molar-refractivity contribution >= 4 is 17.0 Å². The average molecular weight is 277 g/mol. The highest BCUT2D eigenvalue weighted by molar-refractivity contribution is 5.79. The minimum Gasteiger partial charge on any atom is -0.381 e. The van der Waals surface area contributed by atoms with Gasteiger partial charge in [-0.3, -0.25) is 0 Å². The number of imidazole rings is 1. The van der Waals surface area contributed by atoms with Crippen molar-refractivity contribution < 1.29 is 9.13 Å². The van der Waals surface area contributed by atoms with E-state index in [1.165, 1.54) is 6.07 Å². The van der Waals surface area contributed by atoms with E-state index in [9.17, 15) is 4.39 Å². The summed E-state index contributed by atoms with van der Waals surface area (Å²) in [6.07, 6.45) is 1.11. The number of fused-ring (bicyclic) bond motifs is 1. The zero-order valence-corrected chi connectivity index (χ0v) is 12.3. The first kappa shape index (κ1) is 13.4. The zero-order chi connectivity index (χ0) is 14.7. The molecule has 20 heavy (non-hydrogen) atoms. The van der Waals surface area contributed by atoms with E-state index in [4.69, 9.17) is 10.5 Å². The fourth-order valence-corrected chi connectivity index (χ4v) is 3.27. The molecule has 2 atom stereocenters. The van der Waals surface area contributed by atoms with E-state index in [1.807, 2.05) is 10.6 Å². The van der Waals surface area contributed by atoms with Crippen molar-refractivity contribution in [1.29, 1.82) is 0 Å². The molecule has 0 aliphatic heterocycles. The Labute approximate surface area is 117 Å². The number of nitrogens with zero attached hydrogens (tertiary/aromatic N) is 2. The lowest BCUT2D eigenvalue weighted by atomic mass is 9.64. The Morgan fingerprint density at radius 3 is 2.75 bits per heavy atom. The quantitative estimate of drug-likeness (QED) is 0.918. The second kappa shape index (κ2) is 4.19. The van der Waals surface area contributed by atoms with E-state index in [2.05, 4.69) is 18.8 Å². The van der Waals surface area contributed by atoms with Crippen molar-refractivity contribution in [3.05, 3.63) is 23.5 Å². The van der Waals surface area contributed by atoms with Crippen LogP contribution < -0.4 is 5.73 Å². The van der Waals surface area contributed by atoms with Gasteiger partial charge >= 0.3 is 0 Å². The summed E-state index contributed by atoms with van der Waals surface area (Å²) in [5, 5.41) is 0. The Balaban J connectivity index is 2.13. The maximum absolute atomic E-state index is 13.6. The molecule has 0 spiro atoms. The highest BCUT2D eigenvalue weighted by Gasteiger charge is 2.50. The summed E-state index contributed by atoms with van der Waals surface area (Å²) < 4.78 is 21.2. The van der Waals surface area contributed by atoms with Gasteiger partial charge in [0.1, 0.15) is 5.82 Å². The summed E-state index contributed by atoms with van der Waals surface area (Å²) in [6, 6.07) is 3.50. The van der Waals surface area contributed by atoms with Gasteiger partial charge in [-0.25, -0.2) is 9.37 Å². The van der Waals surface area contributed by atoms with Crippen LogP contribution >= 0.6 is 0 Å². The Kier molecular flexibility index (Phi) is 2.80. The fourth-order valence-electron chi connectivity index (χ4n) is 3.27. The molecule has 1 aromatic heterocycles. The molecule has 1 fully saturated rings. The lowest BCUT2D eigenvalue weighted by Gasteiger charge is -2.51. The van der Waals surface area contributed by atoms with Crippen molar-refractivity contribution in [1.82, 2.24) is 9.55 Å². The van der Waals surface area contributed by atoms with Gasteiger partial charge in [-0.05, 0) is 25.0 Å². The van der Waals surface area contributed by atoms with Gasteiger partial charge in [0.05, 0.1) is 17.1 Å². The number of benzene rings is 1. The molecule has 1 aliphatic carbocycles. The number of hydrogen-bond acceptors (Lipinski definition) is 3. The maximum Gasteiger partial charge on any atom is 0.201 e. The molecule has 0 radical (unpaired) electrons. The van der Waals surface area contributed by atoms with E-state index in [1.54, 1.807) is 14.0 Å². The third kappa shape index (κ3) is 1.66. The van der Waals surface area contributed by atoms with Gasteiger partial charge < -0.3 is 15.0 Å². The first-order chi connectivity index (χ1) is 9.36. The van der Waals surface area contributed by atoms with Gasteiger partial charge in [0.15, 0.2) is 0 Å². The fraction of sp³-hybridized carbons (Fsp3) is 0.533. The van der Waals surface area contributed by atoms with Crippen LogP contribution in [0, 0.1) is 18.2 Å². The predicted octanol–water partition coefficient (Wildman–Crippen LogP) is 3.05. The number of nitrogens with two attached hydrogens (primary N) is 1. The summed E-state index contributed by atoms with van der Waals surface area (Å²) in [4.78, 5) is 4.29. The van der Waals surface area contributed by atoms with Crippen LogP contribution in [0.1, 0.15) is 31.9 Å². The number of aromatic nitrogens is 2. The van der Waals surface area contributed by atoms with Gasteiger partial charge in [0.2, 0.25) is 5.95 Å². The third-order valence-corrected chi connectivity index (χ3v) is 4.72. The van der Waals surface area contributed by atoms with Gasteiger partial charge in [-0.2, -0.15) is 0 Å². The molecule has 5 heteroatoms. The molecule has 1 saturated carbocycles. The summed E-state index contributed by atoms with van der Waals surface area (Å²) in [5.74, 6) is 0.197. The minimum absolute atomic E-state index is 0.0151. The molecule has 0 amide bonds. The van der Waals surface area contributed by atoms with Gasteiger partial charge in [-0.1, -0.05) is 13.8 Å². The Hall–Kier alpha value is -1.62. The van der Waals surface area contributed by atoms with Crippen LogP contribution in [-0.4, -0.2) is 22.8 Å². The summed E-state index contributed by atoms with van der Waals surface area (Å²) >= 11 is 0. The number of methoxy groups -OCH3 is 1. The van der Waals surface area contributed by atoms with Crippen LogP contribution in [0.5, 0.6) is 0 Å². The Morgan fingerprint density at radius 2 is 2.15 bits per heavy atom. The van der Waals surface area contributed by atoms with Gasteiger partial charge in [-0.15, -0.1) is 0 Å². The van der Waals surface area contributed by atoms with E-state index in [0.29, 0.717) is 17.0 Å². The van der Waals surface area contributed by atoms with Crippen LogP contribution in [0.2, 0.25) is 0 Å². The van der Waals surface area contributed by atoms with E-state index in [0.717, 1.165) is 11.9 Å². The largest absolute Gasteiger partial charge is 0.381 e. The first-order valence-corrected chi connectivity index (χ1v) is 6.82.